The highest BCUT2D eigenvalue weighted by Gasteiger charge is 2.34. The molecule has 3 heterocycles. The summed E-state index contributed by atoms with van der Waals surface area (Å²) < 4.78 is 11.9. The van der Waals surface area contributed by atoms with E-state index < -0.39 is 0 Å². The molecule has 5 rings (SSSR count). The number of carbonyl (C=O) groups is 2. The second-order valence-electron chi connectivity index (χ2n) is 11.8. The van der Waals surface area contributed by atoms with Crippen molar-refractivity contribution < 1.29 is 19.1 Å². The standard InChI is InChI=1S/C35H44N4O4/c1-37(19-17-31-13-7-8-18-36-31)34(40)22-27-16-20-39-25-28(27)12-9-21-43-33-15-6-4-11-30(33)24-38(26-35(39)41)23-29-10-3-5-14-32(29)42-2/h3-8,10-11,13-15,18,27-28H,9,12,16-17,19-26H2,1-2H3/t27-,28-/m0/s1. The third-order valence-electron chi connectivity index (χ3n) is 8.82. The van der Waals surface area contributed by atoms with Crippen LogP contribution in [0.5, 0.6) is 11.5 Å². The van der Waals surface area contributed by atoms with Crippen molar-refractivity contribution in [2.75, 3.05) is 46.9 Å². The van der Waals surface area contributed by atoms with Gasteiger partial charge in [-0.05, 0) is 55.4 Å². The maximum absolute atomic E-state index is 13.8. The number of rotatable bonds is 8. The molecule has 0 N–H and O–H groups in total. The summed E-state index contributed by atoms with van der Waals surface area (Å²) in [5, 5.41) is 0. The predicted octanol–water partition coefficient (Wildman–Crippen LogP) is 4.82. The smallest absolute Gasteiger partial charge is 0.236 e. The third kappa shape index (κ3) is 8.35. The van der Waals surface area contributed by atoms with Crippen LogP contribution in [-0.4, -0.2) is 78.4 Å². The van der Waals surface area contributed by atoms with Crippen LogP contribution in [0, 0.1) is 11.8 Å². The summed E-state index contributed by atoms with van der Waals surface area (Å²) in [5.41, 5.74) is 3.10. The highest BCUT2D eigenvalue weighted by molar-refractivity contribution is 5.79. The van der Waals surface area contributed by atoms with E-state index in [1.54, 1.807) is 13.3 Å². The number of carbonyl (C=O) groups excluding carboxylic acids is 2. The zero-order chi connectivity index (χ0) is 30.0. The lowest BCUT2D eigenvalue weighted by atomic mass is 9.80. The van der Waals surface area contributed by atoms with Crippen molar-refractivity contribution in [1.29, 1.82) is 0 Å². The number of benzene rings is 2. The molecule has 1 fully saturated rings. The van der Waals surface area contributed by atoms with Crippen LogP contribution in [0.2, 0.25) is 0 Å². The zero-order valence-corrected chi connectivity index (χ0v) is 25.5. The van der Waals surface area contributed by atoms with Crippen molar-refractivity contribution in [2.24, 2.45) is 11.8 Å². The Balaban J connectivity index is 1.28. The molecular formula is C35H44N4O4. The molecule has 2 aliphatic rings. The molecule has 8 nitrogen and oxygen atoms in total. The van der Waals surface area contributed by atoms with E-state index >= 15 is 0 Å². The maximum atomic E-state index is 13.8. The number of piperidine rings is 1. The van der Waals surface area contributed by atoms with Gasteiger partial charge >= 0.3 is 0 Å². The van der Waals surface area contributed by atoms with Crippen molar-refractivity contribution in [3.8, 4) is 11.5 Å². The SMILES string of the molecule is COc1ccccc1CN1CC(=O)N2CC[C@@H](CC(=O)N(C)CCc3ccccn3)[C@@H](CCCOc3ccccc3C1)C2. The molecule has 0 saturated carbocycles. The van der Waals surface area contributed by atoms with Crippen LogP contribution in [0.1, 0.15) is 42.5 Å². The van der Waals surface area contributed by atoms with Gasteiger partial charge in [-0.1, -0.05) is 42.5 Å². The minimum absolute atomic E-state index is 0.134. The van der Waals surface area contributed by atoms with Gasteiger partial charge in [-0.2, -0.15) is 0 Å². The van der Waals surface area contributed by atoms with Crippen LogP contribution in [0.4, 0.5) is 0 Å². The molecule has 2 aromatic carbocycles. The number of pyridine rings is 1. The lowest BCUT2D eigenvalue weighted by molar-refractivity contribution is -0.136. The Morgan fingerprint density at radius 2 is 1.86 bits per heavy atom. The molecule has 2 atom stereocenters. The molecule has 0 spiro atoms. The lowest BCUT2D eigenvalue weighted by Gasteiger charge is -2.39. The Labute approximate surface area is 255 Å². The van der Waals surface area contributed by atoms with E-state index in [0.717, 1.165) is 54.0 Å². The molecular weight excluding hydrogens is 540 g/mol. The largest absolute Gasteiger partial charge is 0.496 e. The average molecular weight is 585 g/mol. The van der Waals surface area contributed by atoms with Gasteiger partial charge in [0, 0.05) is 75.6 Å². The molecule has 2 amide bonds. The number of aromatic nitrogens is 1. The van der Waals surface area contributed by atoms with Gasteiger partial charge in [0.15, 0.2) is 0 Å². The van der Waals surface area contributed by atoms with E-state index in [1.807, 2.05) is 71.4 Å². The van der Waals surface area contributed by atoms with Gasteiger partial charge in [-0.15, -0.1) is 0 Å². The van der Waals surface area contributed by atoms with E-state index in [4.69, 9.17) is 9.47 Å². The van der Waals surface area contributed by atoms with Crippen LogP contribution in [-0.2, 0) is 29.1 Å². The fourth-order valence-corrected chi connectivity index (χ4v) is 6.31. The van der Waals surface area contributed by atoms with Crippen molar-refractivity contribution in [2.45, 2.75) is 45.2 Å². The lowest BCUT2D eigenvalue weighted by Crippen LogP contribution is -2.48. The molecule has 0 radical (unpaired) electrons. The third-order valence-corrected chi connectivity index (χ3v) is 8.82. The first-order valence-corrected chi connectivity index (χ1v) is 15.5. The second kappa shape index (κ2) is 15.0. The van der Waals surface area contributed by atoms with E-state index in [9.17, 15) is 9.59 Å². The number of hydrogen-bond acceptors (Lipinski definition) is 6. The van der Waals surface area contributed by atoms with Gasteiger partial charge in [0.05, 0.1) is 20.3 Å². The molecule has 228 valence electrons. The summed E-state index contributed by atoms with van der Waals surface area (Å²) in [7, 11) is 3.57. The topological polar surface area (TPSA) is 75.2 Å². The molecule has 2 bridgehead atoms. The number of para-hydroxylation sites is 2. The molecule has 0 aliphatic carbocycles. The van der Waals surface area contributed by atoms with Crippen LogP contribution in [0.25, 0.3) is 0 Å². The highest BCUT2D eigenvalue weighted by atomic mass is 16.5. The summed E-state index contributed by atoms with van der Waals surface area (Å²) in [4.78, 5) is 37.5. The Bertz CT molecular complexity index is 1350. The number of likely N-dealkylation sites (N-methyl/N-ethyl adjacent to an activating group) is 1. The fourth-order valence-electron chi connectivity index (χ4n) is 6.31. The fraction of sp³-hybridized carbons (Fsp3) is 0.457. The van der Waals surface area contributed by atoms with Crippen LogP contribution in [0.15, 0.2) is 72.9 Å². The van der Waals surface area contributed by atoms with Gasteiger partial charge in [0.2, 0.25) is 11.8 Å². The Morgan fingerprint density at radius 1 is 1.05 bits per heavy atom. The Kier molecular flexibility index (Phi) is 10.7. The van der Waals surface area contributed by atoms with Crippen molar-refractivity contribution >= 4 is 11.8 Å². The highest BCUT2D eigenvalue weighted by Crippen LogP contribution is 2.32. The Hall–Kier alpha value is -3.91. The van der Waals surface area contributed by atoms with Crippen molar-refractivity contribution in [3.05, 3.63) is 89.7 Å². The van der Waals surface area contributed by atoms with E-state index in [1.165, 1.54) is 0 Å². The van der Waals surface area contributed by atoms with Crippen LogP contribution < -0.4 is 9.47 Å². The first-order valence-electron chi connectivity index (χ1n) is 15.5. The maximum Gasteiger partial charge on any atom is 0.236 e. The van der Waals surface area contributed by atoms with Crippen LogP contribution in [0.3, 0.4) is 0 Å². The predicted molar refractivity (Wildman–Crippen MR) is 167 cm³/mol. The number of methoxy groups -OCH3 is 1. The molecule has 3 aromatic rings. The van der Waals surface area contributed by atoms with Gasteiger partial charge in [0.25, 0.3) is 0 Å². The van der Waals surface area contributed by atoms with E-state index in [-0.39, 0.29) is 23.7 Å². The first kappa shape index (κ1) is 30.5. The molecule has 43 heavy (non-hydrogen) atoms. The average Bonchev–Trinajstić information content (AvgIpc) is 3.04. The molecule has 8 heteroatoms. The summed E-state index contributed by atoms with van der Waals surface area (Å²) in [6, 6.07) is 22.0. The summed E-state index contributed by atoms with van der Waals surface area (Å²) >= 11 is 0. The van der Waals surface area contributed by atoms with Gasteiger partial charge in [-0.25, -0.2) is 0 Å². The van der Waals surface area contributed by atoms with Gasteiger partial charge in [-0.3, -0.25) is 19.5 Å². The summed E-state index contributed by atoms with van der Waals surface area (Å²) in [6.07, 6.45) is 5.68. The summed E-state index contributed by atoms with van der Waals surface area (Å²) in [6.45, 7) is 4.11. The normalized spacial score (nSPS) is 19.7. The van der Waals surface area contributed by atoms with Gasteiger partial charge < -0.3 is 19.3 Å². The molecule has 1 saturated heterocycles. The monoisotopic (exact) mass is 584 g/mol. The molecule has 0 unspecified atom stereocenters. The number of ether oxygens (including phenoxy) is 2. The minimum Gasteiger partial charge on any atom is -0.496 e. The minimum atomic E-state index is 0.134. The van der Waals surface area contributed by atoms with Crippen LogP contribution >= 0.6 is 0 Å². The second-order valence-corrected chi connectivity index (χ2v) is 11.8. The number of nitrogens with zero attached hydrogens (tertiary/aromatic N) is 4. The number of hydrogen-bond donors (Lipinski definition) is 0. The Morgan fingerprint density at radius 3 is 2.70 bits per heavy atom. The summed E-state index contributed by atoms with van der Waals surface area (Å²) in [5.74, 6) is 2.48. The number of fused-ring (bicyclic) bond motifs is 3. The van der Waals surface area contributed by atoms with E-state index in [2.05, 4.69) is 22.0 Å². The van der Waals surface area contributed by atoms with Crippen molar-refractivity contribution in [3.63, 3.8) is 0 Å². The van der Waals surface area contributed by atoms with Gasteiger partial charge in [0.1, 0.15) is 11.5 Å². The molecule has 1 aromatic heterocycles. The van der Waals surface area contributed by atoms with E-state index in [0.29, 0.717) is 52.3 Å². The number of amides is 2. The zero-order valence-electron chi connectivity index (χ0n) is 25.5. The first-order chi connectivity index (χ1) is 21.0. The van der Waals surface area contributed by atoms with Crippen molar-refractivity contribution in [1.82, 2.24) is 19.7 Å². The quantitative estimate of drug-likeness (QED) is 0.378. The molecule has 2 aliphatic heterocycles.